The number of aromatic amines is 1. The van der Waals surface area contributed by atoms with Crippen LogP contribution in [-0.2, 0) is 24.3 Å². The fourth-order valence-corrected chi connectivity index (χ4v) is 4.53. The highest BCUT2D eigenvalue weighted by molar-refractivity contribution is 7.09. The van der Waals surface area contributed by atoms with Crippen molar-refractivity contribution in [3.8, 4) is 0 Å². The molecule has 0 aliphatic carbocycles. The van der Waals surface area contributed by atoms with Gasteiger partial charge in [-0.2, -0.15) is 0 Å². The lowest BCUT2D eigenvalue weighted by Crippen LogP contribution is -2.42. The second kappa shape index (κ2) is 8.27. The van der Waals surface area contributed by atoms with E-state index >= 15 is 0 Å². The molecule has 4 rings (SSSR count). The number of nitrogens with one attached hydrogen (secondary N) is 1. The van der Waals surface area contributed by atoms with E-state index in [-0.39, 0.29) is 29.0 Å². The number of carbonyl (C=O) groups excluding carboxylic acids is 2. The molecule has 0 spiro atoms. The van der Waals surface area contributed by atoms with Gasteiger partial charge in [0.25, 0.3) is 11.5 Å². The lowest BCUT2D eigenvalue weighted by molar-refractivity contribution is -0.135. The van der Waals surface area contributed by atoms with Gasteiger partial charge in [0.15, 0.2) is 0 Å². The predicted molar refractivity (Wildman–Crippen MR) is 113 cm³/mol. The molecular weight excluding hydrogens is 402 g/mol. The number of pyridine rings is 1. The highest BCUT2D eigenvalue weighted by Gasteiger charge is 2.30. The molecule has 0 saturated carbocycles. The number of thiophene rings is 1. The van der Waals surface area contributed by atoms with Crippen LogP contribution < -0.4 is 5.56 Å². The van der Waals surface area contributed by atoms with Gasteiger partial charge in [-0.25, -0.2) is 4.98 Å². The molecule has 1 atom stereocenters. The smallest absolute Gasteiger partial charge is 0.261 e. The molecule has 0 saturated heterocycles. The van der Waals surface area contributed by atoms with Crippen LogP contribution in [0.15, 0.2) is 47.2 Å². The van der Waals surface area contributed by atoms with Crippen LogP contribution in [0.5, 0.6) is 0 Å². The number of hydrogen-bond donors (Lipinski definition) is 1. The number of fused-ring (bicyclic) bond motifs is 1. The van der Waals surface area contributed by atoms with E-state index in [9.17, 15) is 14.4 Å². The standard InChI is InChI=1S/C21H23N5O3S/c1-14(26-8-6-22-13-26)20(28)25-7-5-17-15(11-25)10-23-19(27)18(17)21(29)24(2)12-16-4-3-9-30-16/h3-4,6,8-10,13-14H,5,7,11-12H2,1-2H3,(H,23,27). The Morgan fingerprint density at radius 3 is 2.93 bits per heavy atom. The van der Waals surface area contributed by atoms with Crippen molar-refractivity contribution in [3.63, 3.8) is 0 Å². The molecule has 3 aromatic heterocycles. The van der Waals surface area contributed by atoms with Gasteiger partial charge in [-0.1, -0.05) is 6.07 Å². The Morgan fingerprint density at radius 1 is 1.40 bits per heavy atom. The van der Waals surface area contributed by atoms with Crippen molar-refractivity contribution >= 4 is 23.2 Å². The van der Waals surface area contributed by atoms with Crippen LogP contribution in [0.4, 0.5) is 0 Å². The molecule has 0 aromatic carbocycles. The summed E-state index contributed by atoms with van der Waals surface area (Å²) in [6.07, 6.45) is 7.12. The van der Waals surface area contributed by atoms with Crippen LogP contribution in [0.1, 0.15) is 39.3 Å². The van der Waals surface area contributed by atoms with Crippen LogP contribution in [0, 0.1) is 0 Å². The minimum absolute atomic E-state index is 0.0208. The maximum absolute atomic E-state index is 13.1. The maximum atomic E-state index is 13.1. The zero-order valence-corrected chi connectivity index (χ0v) is 17.7. The van der Waals surface area contributed by atoms with Gasteiger partial charge in [-0.05, 0) is 35.9 Å². The summed E-state index contributed by atoms with van der Waals surface area (Å²) in [6, 6.07) is 3.53. The van der Waals surface area contributed by atoms with Crippen LogP contribution in [0.25, 0.3) is 0 Å². The first-order valence-electron chi connectivity index (χ1n) is 9.73. The van der Waals surface area contributed by atoms with Crippen molar-refractivity contribution in [1.29, 1.82) is 0 Å². The van der Waals surface area contributed by atoms with Gasteiger partial charge >= 0.3 is 0 Å². The minimum atomic E-state index is -0.386. The highest BCUT2D eigenvalue weighted by Crippen LogP contribution is 2.23. The quantitative estimate of drug-likeness (QED) is 0.677. The summed E-state index contributed by atoms with van der Waals surface area (Å²) in [5.41, 5.74) is 1.34. The van der Waals surface area contributed by atoms with Crippen LogP contribution in [-0.4, -0.2) is 49.7 Å². The van der Waals surface area contributed by atoms with E-state index in [4.69, 9.17) is 0 Å². The second-order valence-corrected chi connectivity index (χ2v) is 8.47. The summed E-state index contributed by atoms with van der Waals surface area (Å²) in [5.74, 6) is -0.319. The molecule has 1 unspecified atom stereocenters. The van der Waals surface area contributed by atoms with E-state index < -0.39 is 0 Å². The molecule has 3 aromatic rings. The van der Waals surface area contributed by atoms with Crippen LogP contribution in [0.3, 0.4) is 0 Å². The first kappa shape index (κ1) is 20.1. The minimum Gasteiger partial charge on any atom is -0.336 e. The van der Waals surface area contributed by atoms with E-state index in [1.165, 1.54) is 0 Å². The SMILES string of the molecule is CC(C(=O)N1CCc2c(c[nH]c(=O)c2C(=O)N(C)Cc2cccs2)C1)n1ccnc1. The lowest BCUT2D eigenvalue weighted by Gasteiger charge is -2.32. The monoisotopic (exact) mass is 425 g/mol. The summed E-state index contributed by atoms with van der Waals surface area (Å²) >= 11 is 1.57. The Labute approximate surface area is 177 Å². The van der Waals surface area contributed by atoms with E-state index in [2.05, 4.69) is 9.97 Å². The Kier molecular flexibility index (Phi) is 5.54. The maximum Gasteiger partial charge on any atom is 0.261 e. The fraction of sp³-hybridized carbons (Fsp3) is 0.333. The topological polar surface area (TPSA) is 91.3 Å². The number of hydrogen-bond acceptors (Lipinski definition) is 5. The number of imidazole rings is 1. The molecule has 156 valence electrons. The van der Waals surface area contributed by atoms with Gasteiger partial charge < -0.3 is 19.4 Å². The second-order valence-electron chi connectivity index (χ2n) is 7.43. The molecule has 1 aliphatic rings. The summed E-state index contributed by atoms with van der Waals surface area (Å²) < 4.78 is 1.76. The Hall–Kier alpha value is -3.20. The van der Waals surface area contributed by atoms with Gasteiger partial charge in [0.2, 0.25) is 5.91 Å². The van der Waals surface area contributed by atoms with Crippen molar-refractivity contribution in [1.82, 2.24) is 24.3 Å². The van der Waals surface area contributed by atoms with Gasteiger partial charge in [-0.15, -0.1) is 11.3 Å². The van der Waals surface area contributed by atoms with Crippen molar-refractivity contribution in [3.05, 3.63) is 74.4 Å². The zero-order chi connectivity index (χ0) is 21.3. The summed E-state index contributed by atoms with van der Waals surface area (Å²) in [5, 5.41) is 1.96. The number of rotatable bonds is 5. The molecule has 1 aliphatic heterocycles. The fourth-order valence-electron chi connectivity index (χ4n) is 3.77. The van der Waals surface area contributed by atoms with Gasteiger partial charge in [-0.3, -0.25) is 14.4 Å². The molecule has 4 heterocycles. The number of amides is 2. The van der Waals surface area contributed by atoms with E-state index in [0.717, 1.165) is 16.0 Å². The summed E-state index contributed by atoms with van der Waals surface area (Å²) in [4.78, 5) is 49.6. The first-order chi connectivity index (χ1) is 14.5. The van der Waals surface area contributed by atoms with E-state index in [1.807, 2.05) is 24.4 Å². The molecular formula is C21H23N5O3S. The molecule has 30 heavy (non-hydrogen) atoms. The van der Waals surface area contributed by atoms with Gasteiger partial charge in [0.1, 0.15) is 11.6 Å². The van der Waals surface area contributed by atoms with Crippen molar-refractivity contribution < 1.29 is 9.59 Å². The van der Waals surface area contributed by atoms with Crippen molar-refractivity contribution in [2.45, 2.75) is 32.5 Å². The highest BCUT2D eigenvalue weighted by atomic mass is 32.1. The number of nitrogens with zero attached hydrogens (tertiary/aromatic N) is 4. The van der Waals surface area contributed by atoms with Crippen LogP contribution in [0.2, 0.25) is 0 Å². The largest absolute Gasteiger partial charge is 0.336 e. The summed E-state index contributed by atoms with van der Waals surface area (Å²) in [7, 11) is 1.70. The Balaban J connectivity index is 1.56. The Bertz CT molecular complexity index is 1100. The molecule has 1 N–H and O–H groups in total. The normalized spacial score (nSPS) is 14.3. The molecule has 2 amide bonds. The van der Waals surface area contributed by atoms with E-state index in [1.54, 1.807) is 57.7 Å². The lowest BCUT2D eigenvalue weighted by atomic mass is 9.95. The average molecular weight is 426 g/mol. The molecule has 9 heteroatoms. The van der Waals surface area contributed by atoms with Crippen molar-refractivity contribution in [2.24, 2.45) is 0 Å². The third-order valence-corrected chi connectivity index (χ3v) is 6.32. The average Bonchev–Trinajstić information content (AvgIpc) is 3.46. The Morgan fingerprint density at radius 2 is 2.23 bits per heavy atom. The molecule has 0 bridgehead atoms. The van der Waals surface area contributed by atoms with Crippen LogP contribution >= 0.6 is 11.3 Å². The third-order valence-electron chi connectivity index (χ3n) is 5.46. The van der Waals surface area contributed by atoms with Crippen molar-refractivity contribution in [2.75, 3.05) is 13.6 Å². The molecule has 8 nitrogen and oxygen atoms in total. The number of carbonyl (C=O) groups is 2. The number of H-pyrrole nitrogens is 1. The third kappa shape index (κ3) is 3.80. The van der Waals surface area contributed by atoms with E-state index in [0.29, 0.717) is 26.1 Å². The predicted octanol–water partition coefficient (Wildman–Crippen LogP) is 2.05. The zero-order valence-electron chi connectivity index (χ0n) is 16.9. The molecule has 0 radical (unpaired) electrons. The first-order valence-corrected chi connectivity index (χ1v) is 10.6. The molecule has 0 fully saturated rings. The summed E-state index contributed by atoms with van der Waals surface area (Å²) in [6.45, 7) is 3.11. The van der Waals surface area contributed by atoms with Gasteiger partial charge in [0, 0.05) is 43.6 Å². The number of aromatic nitrogens is 3. The van der Waals surface area contributed by atoms with Gasteiger partial charge in [0.05, 0.1) is 12.9 Å².